The lowest BCUT2D eigenvalue weighted by Crippen LogP contribution is -2.39. The summed E-state index contributed by atoms with van der Waals surface area (Å²) in [5.74, 6) is -0.712. The minimum Gasteiger partial charge on any atom is -0.460 e. The number of hydrogen-bond donors (Lipinski definition) is 1. The van der Waals surface area contributed by atoms with Gasteiger partial charge in [0.25, 0.3) is 11.6 Å². The molecule has 162 valence electrons. The monoisotopic (exact) mass is 423 g/mol. The summed E-state index contributed by atoms with van der Waals surface area (Å²) in [5.41, 5.74) is -0.648. The molecule has 1 saturated heterocycles. The third-order valence-corrected chi connectivity index (χ3v) is 5.16. The highest BCUT2D eigenvalue weighted by Gasteiger charge is 2.30. The zero-order valence-corrected chi connectivity index (χ0v) is 16.8. The maximum atomic E-state index is 12.7. The molecule has 2 heterocycles. The number of likely N-dealkylation sites (tertiary alicyclic amines) is 1. The first-order valence-electron chi connectivity index (χ1n) is 9.78. The fourth-order valence-electron chi connectivity index (χ4n) is 3.51. The minimum absolute atomic E-state index is 0.00737. The van der Waals surface area contributed by atoms with Crippen molar-refractivity contribution in [2.75, 3.05) is 20.1 Å². The summed E-state index contributed by atoms with van der Waals surface area (Å²) in [6, 6.07) is 5.83. The molecule has 1 aliphatic heterocycles. The molecule has 0 spiro atoms. The second kappa shape index (κ2) is 8.99. The Morgan fingerprint density at radius 2 is 2.03 bits per heavy atom. The Balaban J connectivity index is 1.68. The van der Waals surface area contributed by atoms with Gasteiger partial charge in [0, 0.05) is 19.0 Å². The summed E-state index contributed by atoms with van der Waals surface area (Å²) in [4.78, 5) is 33.4. The van der Waals surface area contributed by atoms with E-state index in [4.69, 9.17) is 4.74 Å². The van der Waals surface area contributed by atoms with E-state index in [2.05, 4.69) is 14.9 Å². The van der Waals surface area contributed by atoms with E-state index in [-0.39, 0.29) is 35.9 Å². The van der Waals surface area contributed by atoms with Crippen LogP contribution < -0.4 is 10.3 Å². The van der Waals surface area contributed by atoms with Gasteiger partial charge in [0.1, 0.15) is 11.8 Å². The van der Waals surface area contributed by atoms with Gasteiger partial charge in [-0.15, -0.1) is 0 Å². The maximum Gasteiger partial charge on any atom is 0.416 e. The van der Waals surface area contributed by atoms with E-state index in [9.17, 15) is 22.8 Å². The Kier molecular flexibility index (Phi) is 6.60. The van der Waals surface area contributed by atoms with Gasteiger partial charge in [-0.05, 0) is 50.0 Å². The number of aromatic amines is 1. The molecule has 0 bridgehead atoms. The Labute approximate surface area is 172 Å². The van der Waals surface area contributed by atoms with E-state index in [1.165, 1.54) is 12.1 Å². The van der Waals surface area contributed by atoms with Crippen molar-refractivity contribution in [2.24, 2.45) is 0 Å². The van der Waals surface area contributed by atoms with Crippen LogP contribution in [0.25, 0.3) is 0 Å². The number of likely N-dealkylation sites (N-methyl/N-ethyl adjacent to an activating group) is 1. The van der Waals surface area contributed by atoms with Gasteiger partial charge in [0.15, 0.2) is 5.78 Å². The summed E-state index contributed by atoms with van der Waals surface area (Å²) in [6.07, 6.45) is -2.72. The number of benzene rings is 1. The van der Waals surface area contributed by atoms with E-state index >= 15 is 0 Å². The highest BCUT2D eigenvalue weighted by atomic mass is 19.4. The van der Waals surface area contributed by atoms with Crippen molar-refractivity contribution in [3.63, 3.8) is 0 Å². The molecule has 1 N–H and O–H groups in total. The molecule has 0 radical (unpaired) electrons. The van der Waals surface area contributed by atoms with E-state index in [0.717, 1.165) is 37.6 Å². The molecule has 2 unspecified atom stereocenters. The summed E-state index contributed by atoms with van der Waals surface area (Å²) >= 11 is 0. The molecule has 2 atom stereocenters. The lowest BCUT2D eigenvalue weighted by Gasteiger charge is -2.29. The third-order valence-electron chi connectivity index (χ3n) is 5.16. The molecule has 6 nitrogen and oxygen atoms in total. The van der Waals surface area contributed by atoms with Crippen LogP contribution in [0.2, 0.25) is 0 Å². The zero-order valence-electron chi connectivity index (χ0n) is 16.8. The van der Waals surface area contributed by atoms with Crippen molar-refractivity contribution < 1.29 is 22.7 Å². The molecule has 0 aliphatic carbocycles. The van der Waals surface area contributed by atoms with Crippen molar-refractivity contribution in [3.05, 3.63) is 57.5 Å². The number of piperidine rings is 1. The SMILES string of the molecule is CC(CC(=O)c1cc(=O)[nH]c(OC2CCCN(C)C2)n1)c1ccc(C(F)(F)F)cc1. The lowest BCUT2D eigenvalue weighted by atomic mass is 9.94. The summed E-state index contributed by atoms with van der Waals surface area (Å²) in [7, 11) is 1.98. The number of hydrogen-bond acceptors (Lipinski definition) is 5. The molecule has 1 aliphatic rings. The van der Waals surface area contributed by atoms with Gasteiger partial charge in [0.2, 0.25) is 0 Å². The second-order valence-electron chi connectivity index (χ2n) is 7.73. The number of nitrogens with one attached hydrogen (secondary N) is 1. The van der Waals surface area contributed by atoms with Crippen LogP contribution in [0, 0.1) is 0 Å². The first-order valence-corrected chi connectivity index (χ1v) is 9.78. The fraction of sp³-hybridized carbons (Fsp3) is 0.476. The Bertz CT molecular complexity index is 941. The van der Waals surface area contributed by atoms with E-state index in [1.807, 2.05) is 7.05 Å². The second-order valence-corrected chi connectivity index (χ2v) is 7.73. The van der Waals surface area contributed by atoms with Crippen LogP contribution in [0.15, 0.2) is 35.1 Å². The van der Waals surface area contributed by atoms with Crippen LogP contribution in [0.1, 0.15) is 53.7 Å². The lowest BCUT2D eigenvalue weighted by molar-refractivity contribution is -0.137. The number of nitrogens with zero attached hydrogens (tertiary/aromatic N) is 2. The number of Topliss-reactive ketones (excluding diaryl/α,β-unsaturated/α-hetero) is 1. The van der Waals surface area contributed by atoms with Crippen LogP contribution in [0.4, 0.5) is 13.2 Å². The molecule has 0 saturated carbocycles. The number of ether oxygens (including phenoxy) is 1. The predicted octanol–water partition coefficient (Wildman–Crippen LogP) is 3.64. The number of alkyl halides is 3. The first-order chi connectivity index (χ1) is 14.1. The van der Waals surface area contributed by atoms with Gasteiger partial charge in [-0.3, -0.25) is 14.6 Å². The molecule has 1 aromatic carbocycles. The number of H-pyrrole nitrogens is 1. The van der Waals surface area contributed by atoms with Crippen LogP contribution in [0.3, 0.4) is 0 Å². The highest BCUT2D eigenvalue weighted by Crippen LogP contribution is 2.31. The molecule has 1 fully saturated rings. The van der Waals surface area contributed by atoms with Crippen LogP contribution in [-0.2, 0) is 6.18 Å². The predicted molar refractivity (Wildman–Crippen MR) is 105 cm³/mol. The highest BCUT2D eigenvalue weighted by molar-refractivity contribution is 5.94. The van der Waals surface area contributed by atoms with Crippen LogP contribution >= 0.6 is 0 Å². The van der Waals surface area contributed by atoms with Crippen molar-refractivity contribution in [1.82, 2.24) is 14.9 Å². The molecule has 9 heteroatoms. The number of rotatable bonds is 6. The summed E-state index contributed by atoms with van der Waals surface area (Å²) in [5, 5.41) is 0. The van der Waals surface area contributed by atoms with Crippen LogP contribution in [0.5, 0.6) is 6.01 Å². The van der Waals surface area contributed by atoms with Gasteiger partial charge >= 0.3 is 6.18 Å². The number of halogens is 3. The molecule has 2 aromatic rings. The molecule has 3 rings (SSSR count). The molecule has 1 aromatic heterocycles. The van der Waals surface area contributed by atoms with Gasteiger partial charge in [-0.25, -0.2) is 0 Å². The Morgan fingerprint density at radius 3 is 2.67 bits per heavy atom. The normalized spacial score (nSPS) is 18.8. The third kappa shape index (κ3) is 5.69. The standard InChI is InChI=1S/C21H24F3N3O3/c1-13(14-5-7-15(8-6-14)21(22,23)24)10-18(28)17-11-19(29)26-20(25-17)30-16-4-3-9-27(2)12-16/h5-8,11,13,16H,3-4,9-10,12H2,1-2H3,(H,25,26,29). The number of aromatic nitrogens is 2. The fourth-order valence-corrected chi connectivity index (χ4v) is 3.51. The number of carbonyl (C=O) groups excluding carboxylic acids is 1. The van der Waals surface area contributed by atoms with Crippen molar-refractivity contribution >= 4 is 5.78 Å². The largest absolute Gasteiger partial charge is 0.460 e. The van der Waals surface area contributed by atoms with Crippen LogP contribution in [-0.4, -0.2) is 46.9 Å². The number of carbonyl (C=O) groups is 1. The molecule has 30 heavy (non-hydrogen) atoms. The van der Waals surface area contributed by atoms with Gasteiger partial charge in [0.05, 0.1) is 5.56 Å². The van der Waals surface area contributed by atoms with Crippen molar-refractivity contribution in [3.8, 4) is 6.01 Å². The van der Waals surface area contributed by atoms with Gasteiger partial charge in [-0.2, -0.15) is 18.2 Å². The van der Waals surface area contributed by atoms with E-state index in [1.54, 1.807) is 6.92 Å². The van der Waals surface area contributed by atoms with Crippen molar-refractivity contribution in [2.45, 2.75) is 44.4 Å². The first kappa shape index (κ1) is 22.0. The summed E-state index contributed by atoms with van der Waals surface area (Å²) < 4.78 is 43.9. The van der Waals surface area contributed by atoms with Gasteiger partial charge < -0.3 is 9.64 Å². The quantitative estimate of drug-likeness (QED) is 0.718. The summed E-state index contributed by atoms with van der Waals surface area (Å²) in [6.45, 7) is 3.42. The maximum absolute atomic E-state index is 12.7. The molecular formula is C21H24F3N3O3. The Morgan fingerprint density at radius 1 is 1.33 bits per heavy atom. The smallest absolute Gasteiger partial charge is 0.416 e. The zero-order chi connectivity index (χ0) is 21.9. The van der Waals surface area contributed by atoms with Gasteiger partial charge in [-0.1, -0.05) is 19.1 Å². The molecular weight excluding hydrogens is 399 g/mol. The topological polar surface area (TPSA) is 75.3 Å². The van der Waals surface area contributed by atoms with E-state index in [0.29, 0.717) is 12.1 Å². The Hall–Kier alpha value is -2.68. The van der Waals surface area contributed by atoms with E-state index < -0.39 is 17.3 Å². The molecule has 0 amide bonds. The average molecular weight is 423 g/mol. The number of ketones is 1. The van der Waals surface area contributed by atoms with Crippen molar-refractivity contribution in [1.29, 1.82) is 0 Å². The minimum atomic E-state index is -4.41. The average Bonchev–Trinajstić information content (AvgIpc) is 2.67.